The summed E-state index contributed by atoms with van der Waals surface area (Å²) < 4.78 is 33.8. The molecular formula is C18H20N2O3S. The second-order valence-electron chi connectivity index (χ2n) is 6.40. The van der Waals surface area contributed by atoms with Crippen LogP contribution in [0.3, 0.4) is 0 Å². The summed E-state index contributed by atoms with van der Waals surface area (Å²) in [7, 11) is -3.58. The van der Waals surface area contributed by atoms with Gasteiger partial charge >= 0.3 is 0 Å². The van der Waals surface area contributed by atoms with E-state index in [-0.39, 0.29) is 10.9 Å². The first kappa shape index (κ1) is 15.5. The van der Waals surface area contributed by atoms with E-state index >= 15 is 0 Å². The Balaban J connectivity index is 1.57. The van der Waals surface area contributed by atoms with Crippen LogP contribution in [0, 0.1) is 0 Å². The van der Waals surface area contributed by atoms with E-state index < -0.39 is 10.0 Å². The lowest BCUT2D eigenvalue weighted by Crippen LogP contribution is -2.38. The van der Waals surface area contributed by atoms with Crippen molar-refractivity contribution < 1.29 is 13.2 Å². The third-order valence-electron chi connectivity index (χ3n) is 4.27. The summed E-state index contributed by atoms with van der Waals surface area (Å²) in [6.45, 7) is 0.313. The van der Waals surface area contributed by atoms with E-state index in [2.05, 4.69) is 10.0 Å². The Morgan fingerprint density at radius 3 is 2.67 bits per heavy atom. The van der Waals surface area contributed by atoms with E-state index in [1.807, 2.05) is 30.3 Å². The van der Waals surface area contributed by atoms with Gasteiger partial charge in [0.25, 0.3) is 0 Å². The fourth-order valence-electron chi connectivity index (χ4n) is 2.90. The van der Waals surface area contributed by atoms with Crippen LogP contribution in [0.4, 0.5) is 5.69 Å². The van der Waals surface area contributed by atoms with Crippen LogP contribution in [0.1, 0.15) is 18.4 Å². The van der Waals surface area contributed by atoms with Crippen LogP contribution in [-0.2, 0) is 16.4 Å². The number of benzene rings is 2. The minimum atomic E-state index is -3.58. The molecule has 0 amide bonds. The van der Waals surface area contributed by atoms with E-state index in [1.165, 1.54) is 0 Å². The van der Waals surface area contributed by atoms with Crippen molar-refractivity contribution >= 4 is 15.7 Å². The van der Waals surface area contributed by atoms with E-state index in [4.69, 9.17) is 4.74 Å². The minimum Gasteiger partial charge on any atom is -0.490 e. The molecule has 0 bridgehead atoms. The molecule has 1 saturated carbocycles. The third-order valence-corrected chi connectivity index (χ3v) is 5.83. The molecule has 2 aromatic carbocycles. The van der Waals surface area contributed by atoms with Crippen LogP contribution < -0.4 is 14.8 Å². The van der Waals surface area contributed by atoms with Crippen LogP contribution >= 0.6 is 0 Å². The molecule has 0 aromatic heterocycles. The zero-order chi connectivity index (χ0) is 16.6. The standard InChI is InChI=1S/C18H20N2O3S/c21-24(22)18-9-8-15(19-14-6-7-14)11-17(18)23-12-16(20-24)10-13-4-2-1-3-5-13/h1-5,8-9,11,14,16,19-20H,6-7,10,12H2/t16-/m0/s1. The van der Waals surface area contributed by atoms with Crippen LogP contribution in [0.15, 0.2) is 53.4 Å². The van der Waals surface area contributed by atoms with Gasteiger partial charge in [0.1, 0.15) is 17.3 Å². The highest BCUT2D eigenvalue weighted by atomic mass is 32.2. The summed E-state index contributed by atoms with van der Waals surface area (Å²) in [4.78, 5) is 0.208. The van der Waals surface area contributed by atoms with Gasteiger partial charge < -0.3 is 10.1 Å². The van der Waals surface area contributed by atoms with Crippen molar-refractivity contribution in [2.24, 2.45) is 0 Å². The number of ether oxygens (including phenoxy) is 1. The maximum Gasteiger partial charge on any atom is 0.244 e. The van der Waals surface area contributed by atoms with Gasteiger partial charge in [-0.2, -0.15) is 0 Å². The van der Waals surface area contributed by atoms with Crippen molar-refractivity contribution in [2.75, 3.05) is 11.9 Å². The van der Waals surface area contributed by atoms with Crippen molar-refractivity contribution in [1.29, 1.82) is 0 Å². The summed E-state index contributed by atoms with van der Waals surface area (Å²) in [5, 5.41) is 3.37. The molecule has 1 fully saturated rings. The van der Waals surface area contributed by atoms with Gasteiger partial charge in [-0.25, -0.2) is 13.1 Å². The maximum atomic E-state index is 12.6. The quantitative estimate of drug-likeness (QED) is 0.894. The van der Waals surface area contributed by atoms with Crippen molar-refractivity contribution in [2.45, 2.75) is 36.2 Å². The summed E-state index contributed by atoms with van der Waals surface area (Å²) in [6.07, 6.45) is 2.93. The first-order chi connectivity index (χ1) is 11.6. The largest absolute Gasteiger partial charge is 0.490 e. The molecule has 0 saturated heterocycles. The first-order valence-electron chi connectivity index (χ1n) is 8.20. The molecule has 0 radical (unpaired) electrons. The molecule has 0 unspecified atom stereocenters. The molecule has 24 heavy (non-hydrogen) atoms. The van der Waals surface area contributed by atoms with Crippen molar-refractivity contribution in [3.05, 3.63) is 54.1 Å². The highest BCUT2D eigenvalue weighted by molar-refractivity contribution is 7.89. The maximum absolute atomic E-state index is 12.6. The van der Waals surface area contributed by atoms with Crippen LogP contribution in [0.5, 0.6) is 5.75 Å². The fraction of sp³-hybridized carbons (Fsp3) is 0.333. The Morgan fingerprint density at radius 2 is 1.92 bits per heavy atom. The first-order valence-corrected chi connectivity index (χ1v) is 9.68. The van der Waals surface area contributed by atoms with Gasteiger partial charge in [0.15, 0.2) is 0 Å². The molecule has 126 valence electrons. The van der Waals surface area contributed by atoms with Crippen molar-refractivity contribution in [1.82, 2.24) is 4.72 Å². The van der Waals surface area contributed by atoms with E-state index in [0.717, 1.165) is 24.1 Å². The zero-order valence-corrected chi connectivity index (χ0v) is 14.1. The SMILES string of the molecule is O=S1(=O)N[C@@H](Cc2ccccc2)COc2cc(NC3CC3)ccc21. The van der Waals surface area contributed by atoms with E-state index in [9.17, 15) is 8.42 Å². The molecule has 1 aliphatic carbocycles. The average Bonchev–Trinajstić information content (AvgIpc) is 3.37. The zero-order valence-electron chi connectivity index (χ0n) is 13.2. The minimum absolute atomic E-state index is 0.208. The molecule has 1 heterocycles. The number of fused-ring (bicyclic) bond motifs is 1. The molecule has 2 aliphatic rings. The van der Waals surface area contributed by atoms with Gasteiger partial charge in [0, 0.05) is 17.8 Å². The second-order valence-corrected chi connectivity index (χ2v) is 8.08. The summed E-state index contributed by atoms with van der Waals surface area (Å²) in [5.41, 5.74) is 1.99. The van der Waals surface area contributed by atoms with Crippen LogP contribution in [-0.4, -0.2) is 27.1 Å². The smallest absolute Gasteiger partial charge is 0.244 e. The number of hydrogen-bond donors (Lipinski definition) is 2. The van der Waals surface area contributed by atoms with Gasteiger partial charge in [0.2, 0.25) is 10.0 Å². The molecule has 2 N–H and O–H groups in total. The molecule has 0 spiro atoms. The Hall–Kier alpha value is -2.05. The lowest BCUT2D eigenvalue weighted by atomic mass is 10.1. The molecule has 6 heteroatoms. The van der Waals surface area contributed by atoms with E-state index in [1.54, 1.807) is 18.2 Å². The molecule has 2 aromatic rings. The predicted octanol–water partition coefficient (Wildman–Crippen LogP) is 2.54. The lowest BCUT2D eigenvalue weighted by Gasteiger charge is -2.14. The Labute approximate surface area is 142 Å². The van der Waals surface area contributed by atoms with Gasteiger partial charge in [-0.15, -0.1) is 0 Å². The van der Waals surface area contributed by atoms with Crippen LogP contribution in [0.2, 0.25) is 0 Å². The average molecular weight is 344 g/mol. The molecule has 1 aliphatic heterocycles. The van der Waals surface area contributed by atoms with Gasteiger partial charge in [-0.05, 0) is 37.0 Å². The number of rotatable bonds is 4. The molecule has 5 nitrogen and oxygen atoms in total. The Bertz CT molecular complexity index is 833. The Kier molecular flexibility index (Phi) is 3.94. The molecular weight excluding hydrogens is 324 g/mol. The Morgan fingerprint density at radius 1 is 1.12 bits per heavy atom. The molecule has 1 atom stereocenters. The number of hydrogen-bond acceptors (Lipinski definition) is 4. The predicted molar refractivity (Wildman–Crippen MR) is 92.8 cm³/mol. The monoisotopic (exact) mass is 344 g/mol. The van der Waals surface area contributed by atoms with E-state index in [0.29, 0.717) is 24.8 Å². The number of sulfonamides is 1. The van der Waals surface area contributed by atoms with Gasteiger partial charge in [-0.1, -0.05) is 30.3 Å². The normalized spacial score (nSPS) is 22.1. The highest BCUT2D eigenvalue weighted by Gasteiger charge is 2.29. The van der Waals surface area contributed by atoms with Crippen molar-refractivity contribution in [3.8, 4) is 5.75 Å². The summed E-state index contributed by atoms with van der Waals surface area (Å²) >= 11 is 0. The van der Waals surface area contributed by atoms with Gasteiger partial charge in [-0.3, -0.25) is 0 Å². The van der Waals surface area contributed by atoms with Crippen LogP contribution in [0.25, 0.3) is 0 Å². The highest BCUT2D eigenvalue weighted by Crippen LogP contribution is 2.32. The second kappa shape index (κ2) is 6.11. The third kappa shape index (κ3) is 3.39. The van der Waals surface area contributed by atoms with Gasteiger partial charge in [0.05, 0.1) is 6.04 Å². The van der Waals surface area contributed by atoms with Crippen molar-refractivity contribution in [3.63, 3.8) is 0 Å². The fourth-order valence-corrected chi connectivity index (χ4v) is 4.25. The number of anilines is 1. The molecule has 4 rings (SSSR count). The number of nitrogens with one attached hydrogen (secondary N) is 2. The summed E-state index contributed by atoms with van der Waals surface area (Å²) in [5.74, 6) is 0.420. The topological polar surface area (TPSA) is 67.4 Å². The summed E-state index contributed by atoms with van der Waals surface area (Å²) in [6, 6.07) is 15.3. The lowest BCUT2D eigenvalue weighted by molar-refractivity contribution is 0.279.